The predicted molar refractivity (Wildman–Crippen MR) is 86.2 cm³/mol. The fourth-order valence-electron chi connectivity index (χ4n) is 2.21. The molecule has 9 nitrogen and oxygen atoms in total. The molecule has 1 amide bonds. The first-order valence-electron chi connectivity index (χ1n) is 7.02. The quantitative estimate of drug-likeness (QED) is 0.725. The number of aryl methyl sites for hydroxylation is 2. The van der Waals surface area contributed by atoms with Crippen LogP contribution in [0, 0.1) is 0 Å². The monoisotopic (exact) mass is 326 g/mol. The summed E-state index contributed by atoms with van der Waals surface area (Å²) in [6.07, 6.45) is 2.48. The van der Waals surface area contributed by atoms with Crippen LogP contribution in [-0.4, -0.2) is 29.8 Å². The summed E-state index contributed by atoms with van der Waals surface area (Å²) >= 11 is 0. The van der Waals surface area contributed by atoms with Gasteiger partial charge in [0.15, 0.2) is 0 Å². The minimum Gasteiger partial charge on any atom is -0.302 e. The van der Waals surface area contributed by atoms with Crippen LogP contribution >= 0.6 is 0 Å². The van der Waals surface area contributed by atoms with Crippen LogP contribution in [0.4, 0.5) is 5.95 Å². The topological polar surface area (TPSA) is 104 Å². The smallest absolute Gasteiger partial charge is 0.302 e. The van der Waals surface area contributed by atoms with Crippen molar-refractivity contribution in [2.45, 2.75) is 0 Å². The van der Waals surface area contributed by atoms with Crippen molar-refractivity contribution in [2.24, 2.45) is 14.1 Å². The van der Waals surface area contributed by atoms with Gasteiger partial charge in [0, 0.05) is 20.3 Å². The Kier molecular flexibility index (Phi) is 3.82. The van der Waals surface area contributed by atoms with E-state index in [1.54, 1.807) is 37.4 Å². The molecule has 122 valence electrons. The molecule has 0 aliphatic rings. The van der Waals surface area contributed by atoms with Gasteiger partial charge in [0.2, 0.25) is 5.95 Å². The lowest BCUT2D eigenvalue weighted by atomic mass is 10.2. The third-order valence-electron chi connectivity index (χ3n) is 3.45. The lowest BCUT2D eigenvalue weighted by molar-refractivity contribution is 0.102. The van der Waals surface area contributed by atoms with Crippen LogP contribution in [0.25, 0.3) is 5.69 Å². The third-order valence-corrected chi connectivity index (χ3v) is 3.45. The summed E-state index contributed by atoms with van der Waals surface area (Å²) in [6, 6.07) is 8.41. The molecule has 0 fully saturated rings. The molecular weight excluding hydrogens is 312 g/mol. The minimum atomic E-state index is -0.705. The molecule has 0 aliphatic heterocycles. The Morgan fingerprint density at radius 1 is 1.12 bits per heavy atom. The van der Waals surface area contributed by atoms with E-state index in [9.17, 15) is 14.4 Å². The fraction of sp³-hybridized carbons (Fsp3) is 0.133. The number of carbonyl (C=O) groups excluding carboxylic acids is 1. The molecule has 0 saturated carbocycles. The number of hydrogen-bond acceptors (Lipinski definition) is 5. The molecule has 0 aliphatic carbocycles. The second-order valence-corrected chi connectivity index (χ2v) is 5.07. The molecule has 0 saturated heterocycles. The molecule has 2 aromatic heterocycles. The average Bonchev–Trinajstić information content (AvgIpc) is 2.97. The van der Waals surface area contributed by atoms with Crippen molar-refractivity contribution in [1.29, 1.82) is 0 Å². The molecule has 3 aromatic rings. The van der Waals surface area contributed by atoms with Crippen LogP contribution in [0.3, 0.4) is 0 Å². The first-order chi connectivity index (χ1) is 11.5. The van der Waals surface area contributed by atoms with Gasteiger partial charge in [0.1, 0.15) is 11.9 Å². The molecular formula is C15H14N6O3. The second kappa shape index (κ2) is 5.95. The molecule has 1 aromatic carbocycles. The van der Waals surface area contributed by atoms with Gasteiger partial charge in [-0.25, -0.2) is 14.0 Å². The van der Waals surface area contributed by atoms with E-state index in [0.717, 1.165) is 4.57 Å². The van der Waals surface area contributed by atoms with Crippen molar-refractivity contribution in [3.63, 3.8) is 0 Å². The SMILES string of the molecule is Cn1ncnc1NC(=O)c1cn(C)c(=O)n(-c2ccccc2)c1=O. The third kappa shape index (κ3) is 2.62. The van der Waals surface area contributed by atoms with E-state index < -0.39 is 17.2 Å². The highest BCUT2D eigenvalue weighted by atomic mass is 16.2. The van der Waals surface area contributed by atoms with E-state index >= 15 is 0 Å². The number of para-hydroxylation sites is 1. The van der Waals surface area contributed by atoms with Crippen LogP contribution in [-0.2, 0) is 14.1 Å². The lowest BCUT2D eigenvalue weighted by Crippen LogP contribution is -2.41. The zero-order chi connectivity index (χ0) is 17.3. The first-order valence-corrected chi connectivity index (χ1v) is 7.02. The number of benzene rings is 1. The highest BCUT2D eigenvalue weighted by Gasteiger charge is 2.18. The summed E-state index contributed by atoms with van der Waals surface area (Å²) in [5.41, 5.74) is -1.04. The highest BCUT2D eigenvalue weighted by molar-refractivity contribution is 6.02. The van der Waals surface area contributed by atoms with Gasteiger partial charge in [-0.1, -0.05) is 18.2 Å². The van der Waals surface area contributed by atoms with Gasteiger partial charge in [-0.15, -0.1) is 0 Å². The molecule has 0 atom stereocenters. The number of nitrogens with zero attached hydrogens (tertiary/aromatic N) is 5. The van der Waals surface area contributed by atoms with Crippen molar-refractivity contribution < 1.29 is 4.79 Å². The van der Waals surface area contributed by atoms with E-state index in [-0.39, 0.29) is 11.5 Å². The Morgan fingerprint density at radius 2 is 1.83 bits per heavy atom. The fourth-order valence-corrected chi connectivity index (χ4v) is 2.21. The summed E-state index contributed by atoms with van der Waals surface area (Å²) in [4.78, 5) is 41.2. The van der Waals surface area contributed by atoms with E-state index in [0.29, 0.717) is 5.69 Å². The first kappa shape index (κ1) is 15.4. The Labute approximate surface area is 135 Å². The Morgan fingerprint density at radius 3 is 2.46 bits per heavy atom. The average molecular weight is 326 g/mol. The lowest BCUT2D eigenvalue weighted by Gasteiger charge is -2.10. The number of aromatic nitrogens is 5. The van der Waals surface area contributed by atoms with E-state index in [4.69, 9.17) is 0 Å². The van der Waals surface area contributed by atoms with Crippen molar-refractivity contribution in [3.05, 3.63) is 69.3 Å². The van der Waals surface area contributed by atoms with Gasteiger partial charge in [0.25, 0.3) is 11.5 Å². The van der Waals surface area contributed by atoms with E-state index in [1.165, 1.54) is 28.8 Å². The molecule has 24 heavy (non-hydrogen) atoms. The normalized spacial score (nSPS) is 10.6. The largest absolute Gasteiger partial charge is 0.335 e. The Bertz CT molecular complexity index is 1020. The summed E-state index contributed by atoms with van der Waals surface area (Å²) in [5, 5.41) is 6.33. The highest BCUT2D eigenvalue weighted by Crippen LogP contribution is 2.04. The van der Waals surface area contributed by atoms with Crippen molar-refractivity contribution in [1.82, 2.24) is 23.9 Å². The number of rotatable bonds is 3. The maximum absolute atomic E-state index is 12.6. The molecule has 0 unspecified atom stereocenters. The zero-order valence-corrected chi connectivity index (χ0v) is 13.0. The zero-order valence-electron chi connectivity index (χ0n) is 13.0. The van der Waals surface area contributed by atoms with Crippen molar-refractivity contribution in [3.8, 4) is 5.69 Å². The Balaban J connectivity index is 2.12. The molecule has 2 heterocycles. The van der Waals surface area contributed by atoms with Crippen LogP contribution in [0.2, 0.25) is 0 Å². The predicted octanol–water partition coefficient (Wildman–Crippen LogP) is -0.0830. The maximum atomic E-state index is 12.6. The van der Waals surface area contributed by atoms with E-state index in [2.05, 4.69) is 15.4 Å². The van der Waals surface area contributed by atoms with Gasteiger partial charge in [-0.2, -0.15) is 10.1 Å². The van der Waals surface area contributed by atoms with Gasteiger partial charge in [-0.05, 0) is 12.1 Å². The Hall–Kier alpha value is -3.49. The summed E-state index contributed by atoms with van der Waals surface area (Å²) in [5.74, 6) is -0.476. The van der Waals surface area contributed by atoms with Crippen LogP contribution < -0.4 is 16.6 Å². The van der Waals surface area contributed by atoms with Gasteiger partial charge < -0.3 is 4.57 Å². The summed E-state index contributed by atoms with van der Waals surface area (Å²) in [7, 11) is 3.08. The van der Waals surface area contributed by atoms with Crippen LogP contribution in [0.1, 0.15) is 10.4 Å². The standard InChI is InChI=1S/C15H14N6O3/c1-19-8-11(12(22)18-14-16-9-17-20(14)2)13(23)21(15(19)24)10-6-4-3-5-7-10/h3-9H,1-2H3,(H,16,17,18,22). The maximum Gasteiger partial charge on any atom is 0.335 e. The molecule has 0 radical (unpaired) electrons. The minimum absolute atomic E-state index is 0.177. The van der Waals surface area contributed by atoms with Gasteiger partial charge in [0.05, 0.1) is 5.69 Å². The van der Waals surface area contributed by atoms with Gasteiger partial charge in [-0.3, -0.25) is 14.9 Å². The van der Waals surface area contributed by atoms with Crippen molar-refractivity contribution >= 4 is 11.9 Å². The summed E-state index contributed by atoms with van der Waals surface area (Å²) < 4.78 is 3.49. The molecule has 9 heteroatoms. The number of amides is 1. The molecule has 3 rings (SSSR count). The number of hydrogen-bond donors (Lipinski definition) is 1. The van der Waals surface area contributed by atoms with Gasteiger partial charge >= 0.3 is 5.69 Å². The van der Waals surface area contributed by atoms with Crippen LogP contribution in [0.5, 0.6) is 0 Å². The number of nitrogens with one attached hydrogen (secondary N) is 1. The van der Waals surface area contributed by atoms with Crippen molar-refractivity contribution in [2.75, 3.05) is 5.32 Å². The van der Waals surface area contributed by atoms with E-state index in [1.807, 2.05) is 0 Å². The number of carbonyl (C=O) groups is 1. The second-order valence-electron chi connectivity index (χ2n) is 5.07. The molecule has 1 N–H and O–H groups in total. The summed E-state index contributed by atoms with van der Waals surface area (Å²) in [6.45, 7) is 0. The molecule has 0 bridgehead atoms. The number of anilines is 1. The molecule has 0 spiro atoms. The van der Waals surface area contributed by atoms with Crippen LogP contribution in [0.15, 0.2) is 52.4 Å².